The summed E-state index contributed by atoms with van der Waals surface area (Å²) in [7, 11) is 0. The van der Waals surface area contributed by atoms with Gasteiger partial charge >= 0.3 is 6.36 Å². The molecule has 0 amide bonds. The number of alkyl halides is 3. The first-order valence-electron chi connectivity index (χ1n) is 7.14. The van der Waals surface area contributed by atoms with Crippen molar-refractivity contribution in [1.29, 1.82) is 0 Å². The van der Waals surface area contributed by atoms with Crippen LogP contribution in [-0.2, 0) is 19.5 Å². The lowest BCUT2D eigenvalue weighted by Crippen LogP contribution is -2.30. The molecule has 1 heterocycles. The Morgan fingerprint density at radius 1 is 0.955 bits per heavy atom. The van der Waals surface area contributed by atoms with Crippen molar-refractivity contribution in [3.8, 4) is 5.75 Å². The second kappa shape index (κ2) is 6.01. The van der Waals surface area contributed by atoms with E-state index in [1.165, 1.54) is 17.2 Å². The van der Waals surface area contributed by atoms with E-state index in [1.807, 2.05) is 12.1 Å². The van der Waals surface area contributed by atoms with E-state index in [0.717, 1.165) is 19.5 Å². The van der Waals surface area contributed by atoms with Crippen molar-refractivity contribution in [2.24, 2.45) is 0 Å². The molecule has 0 radical (unpaired) electrons. The predicted octanol–water partition coefficient (Wildman–Crippen LogP) is 4.14. The summed E-state index contributed by atoms with van der Waals surface area (Å²) in [5.41, 5.74) is 3.11. The highest BCUT2D eigenvalue weighted by Crippen LogP contribution is 2.28. The van der Waals surface area contributed by atoms with Gasteiger partial charge in [0.2, 0.25) is 0 Å². The zero-order valence-corrected chi connectivity index (χ0v) is 11.9. The van der Waals surface area contributed by atoms with Crippen molar-refractivity contribution in [1.82, 2.24) is 4.90 Å². The van der Waals surface area contributed by atoms with Crippen molar-refractivity contribution in [2.75, 3.05) is 6.54 Å². The van der Waals surface area contributed by atoms with Crippen molar-refractivity contribution in [3.63, 3.8) is 0 Å². The summed E-state index contributed by atoms with van der Waals surface area (Å²) in [5, 5.41) is 0. The van der Waals surface area contributed by atoms with Crippen molar-refractivity contribution < 1.29 is 17.9 Å². The maximum absolute atomic E-state index is 12.5. The first kappa shape index (κ1) is 14.9. The molecule has 5 heteroatoms. The summed E-state index contributed by atoms with van der Waals surface area (Å²) < 4.78 is 41.5. The molecule has 0 bridgehead atoms. The van der Waals surface area contributed by atoms with Gasteiger partial charge in [-0.3, -0.25) is 4.90 Å². The van der Waals surface area contributed by atoms with Crippen molar-refractivity contribution >= 4 is 0 Å². The van der Waals surface area contributed by atoms with E-state index in [4.69, 9.17) is 0 Å². The topological polar surface area (TPSA) is 12.5 Å². The third kappa shape index (κ3) is 3.60. The first-order valence-corrected chi connectivity index (χ1v) is 7.14. The highest BCUT2D eigenvalue weighted by molar-refractivity contribution is 5.34. The molecule has 0 fully saturated rings. The maximum Gasteiger partial charge on any atom is 0.573 e. The summed E-state index contributed by atoms with van der Waals surface area (Å²) >= 11 is 0. The molecule has 1 aliphatic rings. The Morgan fingerprint density at radius 3 is 2.41 bits per heavy atom. The second-order valence-electron chi connectivity index (χ2n) is 5.38. The summed E-state index contributed by atoms with van der Waals surface area (Å²) in [6.07, 6.45) is -3.75. The zero-order chi connectivity index (χ0) is 15.6. The van der Waals surface area contributed by atoms with Gasteiger partial charge in [-0.2, -0.15) is 0 Å². The molecule has 2 aromatic carbocycles. The van der Waals surface area contributed by atoms with E-state index in [9.17, 15) is 13.2 Å². The van der Waals surface area contributed by atoms with Crippen LogP contribution in [0, 0.1) is 0 Å². The molecule has 0 atom stereocenters. The number of rotatable bonds is 3. The third-order valence-electron chi connectivity index (χ3n) is 3.80. The molecule has 0 unspecified atom stereocenters. The number of halogens is 3. The van der Waals surface area contributed by atoms with Crippen LogP contribution in [0.2, 0.25) is 0 Å². The lowest BCUT2D eigenvalue weighted by atomic mass is 9.99. The minimum absolute atomic E-state index is 0.117. The summed E-state index contributed by atoms with van der Waals surface area (Å²) in [4.78, 5) is 2.14. The smallest absolute Gasteiger partial charge is 0.405 e. The number of hydrogen-bond acceptors (Lipinski definition) is 2. The van der Waals surface area contributed by atoms with E-state index in [1.54, 1.807) is 18.2 Å². The first-order chi connectivity index (χ1) is 10.5. The van der Waals surface area contributed by atoms with Gasteiger partial charge in [0.05, 0.1) is 0 Å². The Balaban J connectivity index is 1.75. The molecule has 1 aliphatic heterocycles. The third-order valence-corrected chi connectivity index (χ3v) is 3.80. The molecular formula is C17H16F3NO. The van der Waals surface area contributed by atoms with Crippen LogP contribution in [-0.4, -0.2) is 17.8 Å². The summed E-state index contributed by atoms with van der Waals surface area (Å²) in [6, 6.07) is 14.5. The van der Waals surface area contributed by atoms with Crippen LogP contribution in [0.1, 0.15) is 16.7 Å². The standard InChI is InChI=1S/C17H16F3NO/c18-17(19,20)22-16-8-4-3-7-15(16)12-21-10-9-13-5-1-2-6-14(13)11-21/h1-8H,9-12H2. The summed E-state index contributed by atoms with van der Waals surface area (Å²) in [5.74, 6) is -0.117. The Bertz CT molecular complexity index is 654. The number of fused-ring (bicyclic) bond motifs is 1. The number of benzene rings is 2. The number of ether oxygens (including phenoxy) is 1. The normalized spacial score (nSPS) is 15.4. The highest BCUT2D eigenvalue weighted by atomic mass is 19.4. The van der Waals surface area contributed by atoms with Gasteiger partial charge in [-0.1, -0.05) is 42.5 Å². The highest BCUT2D eigenvalue weighted by Gasteiger charge is 2.32. The van der Waals surface area contributed by atoms with E-state index in [0.29, 0.717) is 12.1 Å². The molecule has 2 aromatic rings. The van der Waals surface area contributed by atoms with Gasteiger partial charge in [-0.25, -0.2) is 0 Å². The Kier molecular flexibility index (Phi) is 4.07. The molecule has 0 aromatic heterocycles. The lowest BCUT2D eigenvalue weighted by Gasteiger charge is -2.29. The van der Waals surface area contributed by atoms with E-state index in [-0.39, 0.29) is 5.75 Å². The van der Waals surface area contributed by atoms with Crippen LogP contribution in [0.4, 0.5) is 13.2 Å². The van der Waals surface area contributed by atoms with E-state index in [2.05, 4.69) is 21.8 Å². The molecule has 0 N–H and O–H groups in total. The minimum Gasteiger partial charge on any atom is -0.405 e. The fourth-order valence-electron chi connectivity index (χ4n) is 2.79. The monoisotopic (exact) mass is 307 g/mol. The largest absolute Gasteiger partial charge is 0.573 e. The van der Waals surface area contributed by atoms with Gasteiger partial charge in [0.1, 0.15) is 5.75 Å². The van der Waals surface area contributed by atoms with Crippen LogP contribution in [0.3, 0.4) is 0 Å². The van der Waals surface area contributed by atoms with Crippen molar-refractivity contribution in [3.05, 3.63) is 65.2 Å². The van der Waals surface area contributed by atoms with Crippen LogP contribution in [0.5, 0.6) is 5.75 Å². The molecule has 0 saturated carbocycles. The van der Waals surface area contributed by atoms with Gasteiger partial charge in [0.25, 0.3) is 0 Å². The Hall–Kier alpha value is -2.01. The molecule has 2 nitrogen and oxygen atoms in total. The molecule has 0 saturated heterocycles. The molecular weight excluding hydrogens is 291 g/mol. The van der Waals surface area contributed by atoms with E-state index >= 15 is 0 Å². The maximum atomic E-state index is 12.5. The molecule has 22 heavy (non-hydrogen) atoms. The van der Waals surface area contributed by atoms with Gasteiger partial charge < -0.3 is 4.74 Å². The lowest BCUT2D eigenvalue weighted by molar-refractivity contribution is -0.275. The fourth-order valence-corrected chi connectivity index (χ4v) is 2.79. The number of hydrogen-bond donors (Lipinski definition) is 0. The fraction of sp³-hybridized carbons (Fsp3) is 0.294. The number of para-hydroxylation sites is 1. The molecule has 0 spiro atoms. The van der Waals surface area contributed by atoms with Crippen LogP contribution < -0.4 is 4.74 Å². The average Bonchev–Trinajstić information content (AvgIpc) is 2.48. The van der Waals surface area contributed by atoms with Gasteiger partial charge in [0, 0.05) is 25.2 Å². The minimum atomic E-state index is -4.66. The Labute approximate surface area is 127 Å². The van der Waals surface area contributed by atoms with E-state index < -0.39 is 6.36 Å². The average molecular weight is 307 g/mol. The van der Waals surface area contributed by atoms with Crippen molar-refractivity contribution in [2.45, 2.75) is 25.9 Å². The SMILES string of the molecule is FC(F)(F)Oc1ccccc1CN1CCc2ccccc2C1. The van der Waals surface area contributed by atoms with Crippen LogP contribution >= 0.6 is 0 Å². The molecule has 116 valence electrons. The second-order valence-corrected chi connectivity index (χ2v) is 5.38. The predicted molar refractivity (Wildman–Crippen MR) is 77.4 cm³/mol. The molecule has 0 aliphatic carbocycles. The van der Waals surface area contributed by atoms with Gasteiger partial charge in [-0.05, 0) is 23.6 Å². The Morgan fingerprint density at radius 2 is 1.64 bits per heavy atom. The summed E-state index contributed by atoms with van der Waals surface area (Å²) in [6.45, 7) is 2.02. The molecule has 3 rings (SSSR count). The quantitative estimate of drug-likeness (QED) is 0.845. The zero-order valence-electron chi connectivity index (χ0n) is 11.9. The van der Waals surface area contributed by atoms with Gasteiger partial charge in [0.15, 0.2) is 0 Å². The number of nitrogens with zero attached hydrogens (tertiary/aromatic N) is 1. The van der Waals surface area contributed by atoms with Gasteiger partial charge in [-0.15, -0.1) is 13.2 Å². The van der Waals surface area contributed by atoms with Crippen LogP contribution in [0.25, 0.3) is 0 Å². The van der Waals surface area contributed by atoms with Crippen LogP contribution in [0.15, 0.2) is 48.5 Å².